The lowest BCUT2D eigenvalue weighted by molar-refractivity contribution is -0.139. The monoisotopic (exact) mass is 306 g/mol. The third-order valence-corrected chi connectivity index (χ3v) is 2.53. The van der Waals surface area contributed by atoms with Crippen LogP contribution in [0.2, 0.25) is 0 Å². The number of carbonyl (C=O) groups is 1. The zero-order valence-corrected chi connectivity index (χ0v) is 11.5. The summed E-state index contributed by atoms with van der Waals surface area (Å²) in [6, 6.07) is 4.92. The van der Waals surface area contributed by atoms with Crippen molar-refractivity contribution < 1.29 is 27.4 Å². The zero-order valence-electron chi connectivity index (χ0n) is 11.5. The summed E-state index contributed by atoms with van der Waals surface area (Å²) in [7, 11) is 1.51. The first-order chi connectivity index (χ1) is 9.85. The van der Waals surface area contributed by atoms with Crippen molar-refractivity contribution in [3.8, 4) is 11.5 Å². The van der Waals surface area contributed by atoms with E-state index in [1.54, 1.807) is 23.5 Å². The van der Waals surface area contributed by atoms with Crippen LogP contribution in [0.25, 0.3) is 0 Å². The van der Waals surface area contributed by atoms with E-state index in [1.807, 2.05) is 0 Å². The lowest BCUT2D eigenvalue weighted by Crippen LogP contribution is -2.36. The molecule has 0 heterocycles. The highest BCUT2D eigenvalue weighted by molar-refractivity contribution is 5.77. The molecule has 0 saturated heterocycles. The van der Waals surface area contributed by atoms with Crippen LogP contribution in [0.3, 0.4) is 0 Å². The molecular weight excluding hydrogens is 289 g/mol. The van der Waals surface area contributed by atoms with Gasteiger partial charge in [0.1, 0.15) is 18.0 Å². The Morgan fingerprint density at radius 1 is 1.38 bits per heavy atom. The Morgan fingerprint density at radius 3 is 2.67 bits per heavy atom. The second-order valence-electron chi connectivity index (χ2n) is 4.19. The maximum Gasteiger partial charge on any atom is 0.405 e. The highest BCUT2D eigenvalue weighted by Crippen LogP contribution is 2.24. The number of amides is 1. The molecule has 0 saturated carbocycles. The van der Waals surface area contributed by atoms with Gasteiger partial charge in [-0.1, -0.05) is 0 Å². The van der Waals surface area contributed by atoms with Crippen LogP contribution in [-0.4, -0.2) is 38.9 Å². The second kappa shape index (κ2) is 7.72. The number of carbonyl (C=O) groups excluding carboxylic acids is 1. The van der Waals surface area contributed by atoms with Crippen molar-refractivity contribution in [2.24, 2.45) is 5.73 Å². The molecule has 1 rings (SSSR count). The molecule has 118 valence electrons. The highest BCUT2D eigenvalue weighted by atomic mass is 19.4. The molecule has 0 radical (unpaired) electrons. The van der Waals surface area contributed by atoms with Crippen molar-refractivity contribution in [3.63, 3.8) is 0 Å². The van der Waals surface area contributed by atoms with E-state index in [1.165, 1.54) is 7.11 Å². The molecule has 21 heavy (non-hydrogen) atoms. The van der Waals surface area contributed by atoms with Crippen molar-refractivity contribution in [1.82, 2.24) is 5.32 Å². The predicted molar refractivity (Wildman–Crippen MR) is 70.3 cm³/mol. The molecule has 0 atom stereocenters. The summed E-state index contributed by atoms with van der Waals surface area (Å²) in [6.45, 7) is -1.52. The third-order valence-electron chi connectivity index (χ3n) is 2.53. The number of benzene rings is 1. The smallest absolute Gasteiger partial charge is 0.405 e. The molecule has 1 aromatic carbocycles. The van der Waals surface area contributed by atoms with Crippen molar-refractivity contribution in [1.29, 1.82) is 0 Å². The number of nitrogens with one attached hydrogen (secondary N) is 1. The minimum absolute atomic E-state index is 0.365. The molecule has 8 heteroatoms. The van der Waals surface area contributed by atoms with Gasteiger partial charge in [0.25, 0.3) is 5.91 Å². The zero-order chi connectivity index (χ0) is 15.9. The fraction of sp³-hybridized carbons (Fsp3) is 0.462. The van der Waals surface area contributed by atoms with E-state index in [0.29, 0.717) is 24.5 Å². The molecule has 0 spiro atoms. The van der Waals surface area contributed by atoms with E-state index < -0.39 is 25.2 Å². The van der Waals surface area contributed by atoms with E-state index >= 15 is 0 Å². The van der Waals surface area contributed by atoms with Gasteiger partial charge in [-0.25, -0.2) is 0 Å². The fourth-order valence-electron chi connectivity index (χ4n) is 1.57. The minimum Gasteiger partial charge on any atom is -0.497 e. The number of nitrogens with two attached hydrogens (primary N) is 1. The minimum atomic E-state index is -4.44. The van der Waals surface area contributed by atoms with Gasteiger partial charge < -0.3 is 20.5 Å². The van der Waals surface area contributed by atoms with Crippen molar-refractivity contribution >= 4 is 5.91 Å². The Kier molecular flexibility index (Phi) is 6.29. The first-order valence-electron chi connectivity index (χ1n) is 6.19. The summed E-state index contributed by atoms with van der Waals surface area (Å²) in [4.78, 5) is 11.3. The largest absolute Gasteiger partial charge is 0.497 e. The van der Waals surface area contributed by atoms with Gasteiger partial charge in [0, 0.05) is 0 Å². The lowest BCUT2D eigenvalue weighted by atomic mass is 10.1. The first-order valence-corrected chi connectivity index (χ1v) is 6.19. The van der Waals surface area contributed by atoms with E-state index in [-0.39, 0.29) is 0 Å². The number of methoxy groups -OCH3 is 1. The Balaban J connectivity index is 2.60. The van der Waals surface area contributed by atoms with Gasteiger partial charge in [-0.2, -0.15) is 13.2 Å². The van der Waals surface area contributed by atoms with E-state index in [0.717, 1.165) is 5.56 Å². The molecule has 0 unspecified atom stereocenters. The lowest BCUT2D eigenvalue weighted by Gasteiger charge is -2.13. The molecule has 0 fully saturated rings. The van der Waals surface area contributed by atoms with Gasteiger partial charge in [-0.05, 0) is 36.7 Å². The Morgan fingerprint density at radius 2 is 2.10 bits per heavy atom. The SMILES string of the molecule is COc1ccc(OCC(=O)NCC(F)(F)F)c(CCN)c1. The van der Waals surface area contributed by atoms with Crippen LogP contribution in [0.1, 0.15) is 5.56 Å². The van der Waals surface area contributed by atoms with Crippen LogP contribution in [-0.2, 0) is 11.2 Å². The number of rotatable bonds is 7. The predicted octanol–water partition coefficient (Wildman–Crippen LogP) is 1.25. The van der Waals surface area contributed by atoms with Crippen LogP contribution in [0.5, 0.6) is 11.5 Å². The molecule has 5 nitrogen and oxygen atoms in total. The summed E-state index contributed by atoms with van der Waals surface area (Å²) in [5.41, 5.74) is 6.19. The number of alkyl halides is 3. The van der Waals surface area contributed by atoms with E-state index in [4.69, 9.17) is 15.2 Å². The number of hydrogen-bond donors (Lipinski definition) is 2. The van der Waals surface area contributed by atoms with Crippen molar-refractivity contribution in [2.75, 3.05) is 26.8 Å². The molecule has 0 aliphatic rings. The van der Waals surface area contributed by atoms with Gasteiger partial charge in [0.2, 0.25) is 0 Å². The molecule has 1 aromatic rings. The average molecular weight is 306 g/mol. The van der Waals surface area contributed by atoms with Crippen LogP contribution in [0.15, 0.2) is 18.2 Å². The number of ether oxygens (including phenoxy) is 2. The summed E-state index contributed by atoms with van der Waals surface area (Å²) in [5.74, 6) is 0.151. The third kappa shape index (κ3) is 6.35. The van der Waals surface area contributed by atoms with Crippen LogP contribution < -0.4 is 20.5 Å². The quantitative estimate of drug-likeness (QED) is 0.795. The van der Waals surface area contributed by atoms with Gasteiger partial charge in [-0.15, -0.1) is 0 Å². The maximum atomic E-state index is 11.9. The van der Waals surface area contributed by atoms with E-state index in [2.05, 4.69) is 0 Å². The molecule has 0 bridgehead atoms. The van der Waals surface area contributed by atoms with Gasteiger partial charge >= 0.3 is 6.18 Å². The fourth-order valence-corrected chi connectivity index (χ4v) is 1.57. The number of halogens is 3. The Labute approximate surface area is 120 Å². The second-order valence-corrected chi connectivity index (χ2v) is 4.19. The Bertz CT molecular complexity index is 478. The highest BCUT2D eigenvalue weighted by Gasteiger charge is 2.27. The number of hydrogen-bond acceptors (Lipinski definition) is 4. The molecule has 1 amide bonds. The molecule has 3 N–H and O–H groups in total. The summed E-state index contributed by atoms with van der Waals surface area (Å²) >= 11 is 0. The van der Waals surface area contributed by atoms with Crippen LogP contribution >= 0.6 is 0 Å². The van der Waals surface area contributed by atoms with Crippen molar-refractivity contribution in [2.45, 2.75) is 12.6 Å². The van der Waals surface area contributed by atoms with Gasteiger partial charge in [0.15, 0.2) is 6.61 Å². The summed E-state index contributed by atoms with van der Waals surface area (Å²) in [5, 5.41) is 1.73. The van der Waals surface area contributed by atoms with Gasteiger partial charge in [-0.3, -0.25) is 4.79 Å². The summed E-state index contributed by atoms with van der Waals surface area (Å²) in [6.07, 6.45) is -3.95. The standard InChI is InChI=1S/C13H17F3N2O3/c1-20-10-2-3-11(9(6-10)4-5-17)21-7-12(19)18-8-13(14,15)16/h2-3,6H,4-5,7-8,17H2,1H3,(H,18,19). The molecule has 0 aliphatic heterocycles. The van der Waals surface area contributed by atoms with Gasteiger partial charge in [0.05, 0.1) is 7.11 Å². The molecular formula is C13H17F3N2O3. The molecule has 0 aromatic heterocycles. The maximum absolute atomic E-state index is 11.9. The van der Waals surface area contributed by atoms with Crippen LogP contribution in [0, 0.1) is 0 Å². The van der Waals surface area contributed by atoms with Crippen LogP contribution in [0.4, 0.5) is 13.2 Å². The van der Waals surface area contributed by atoms with Crippen molar-refractivity contribution in [3.05, 3.63) is 23.8 Å². The normalized spacial score (nSPS) is 11.1. The van der Waals surface area contributed by atoms with E-state index in [9.17, 15) is 18.0 Å². The topological polar surface area (TPSA) is 73.6 Å². The summed E-state index contributed by atoms with van der Waals surface area (Å²) < 4.78 is 46.1. The Hall–Kier alpha value is -1.96. The first kappa shape index (κ1) is 17.1. The molecule has 0 aliphatic carbocycles. The average Bonchev–Trinajstić information content (AvgIpc) is 2.43.